The molecule has 6 nitrogen and oxygen atoms in total. The summed E-state index contributed by atoms with van der Waals surface area (Å²) < 4.78 is 12.4. The minimum Gasteiger partial charge on any atom is -0.494 e. The van der Waals surface area contributed by atoms with Crippen LogP contribution in [0, 0.1) is 0 Å². The second-order valence-electron chi connectivity index (χ2n) is 4.81. The zero-order chi connectivity index (χ0) is 15.5. The first-order valence-corrected chi connectivity index (χ1v) is 7.19. The molecule has 0 amide bonds. The third-order valence-corrected chi connectivity index (χ3v) is 3.54. The van der Waals surface area contributed by atoms with Crippen LogP contribution in [0.5, 0.6) is 5.75 Å². The van der Waals surface area contributed by atoms with E-state index in [0.29, 0.717) is 34.5 Å². The van der Waals surface area contributed by atoms with Crippen molar-refractivity contribution in [3.63, 3.8) is 0 Å². The van der Waals surface area contributed by atoms with Gasteiger partial charge in [0.15, 0.2) is 0 Å². The highest BCUT2D eigenvalue weighted by Crippen LogP contribution is 2.34. The molecule has 3 rings (SSSR count). The number of ether oxygens (including phenoxy) is 1. The molecule has 0 N–H and O–H groups in total. The van der Waals surface area contributed by atoms with Gasteiger partial charge in [0.25, 0.3) is 0 Å². The van der Waals surface area contributed by atoms with E-state index >= 15 is 0 Å². The maximum Gasteiger partial charge on any atom is 0.227 e. The average Bonchev–Trinajstić information content (AvgIpc) is 3.13. The number of aromatic nitrogens is 4. The summed E-state index contributed by atoms with van der Waals surface area (Å²) in [5.74, 6) is 1.57. The number of hydrogen-bond acceptors (Lipinski definition) is 5. The average molecular weight is 319 g/mol. The van der Waals surface area contributed by atoms with Crippen molar-refractivity contribution in [3.8, 4) is 17.1 Å². The SMILES string of the molecule is COc1c(Cl)cccc1-c1noc(CCc2ccn(C)n2)n1. The lowest BCUT2D eigenvalue weighted by Crippen LogP contribution is -1.95. The third-order valence-electron chi connectivity index (χ3n) is 3.24. The number of methoxy groups -OCH3 is 1. The highest BCUT2D eigenvalue weighted by molar-refractivity contribution is 6.32. The van der Waals surface area contributed by atoms with E-state index in [2.05, 4.69) is 15.2 Å². The largest absolute Gasteiger partial charge is 0.494 e. The maximum atomic E-state index is 6.11. The van der Waals surface area contributed by atoms with Crippen LogP contribution in [0.15, 0.2) is 35.0 Å². The van der Waals surface area contributed by atoms with Crippen LogP contribution in [-0.2, 0) is 19.9 Å². The monoisotopic (exact) mass is 318 g/mol. The summed E-state index contributed by atoms with van der Waals surface area (Å²) in [6.45, 7) is 0. The summed E-state index contributed by atoms with van der Waals surface area (Å²) >= 11 is 6.11. The van der Waals surface area contributed by atoms with Crippen LogP contribution in [0.25, 0.3) is 11.4 Å². The maximum absolute atomic E-state index is 6.11. The molecule has 3 aromatic rings. The van der Waals surface area contributed by atoms with E-state index in [9.17, 15) is 0 Å². The molecule has 0 saturated carbocycles. The molecule has 0 saturated heterocycles. The number of para-hydroxylation sites is 1. The molecule has 114 valence electrons. The molecular weight excluding hydrogens is 304 g/mol. The Bertz CT molecular complexity index is 781. The van der Waals surface area contributed by atoms with Gasteiger partial charge >= 0.3 is 0 Å². The zero-order valence-corrected chi connectivity index (χ0v) is 13.0. The summed E-state index contributed by atoms with van der Waals surface area (Å²) in [5, 5.41) is 8.84. The molecule has 0 aliphatic carbocycles. The van der Waals surface area contributed by atoms with Crippen molar-refractivity contribution in [2.75, 3.05) is 7.11 Å². The van der Waals surface area contributed by atoms with Gasteiger partial charge in [-0.05, 0) is 18.2 Å². The van der Waals surface area contributed by atoms with E-state index in [4.69, 9.17) is 20.9 Å². The number of halogens is 1. The van der Waals surface area contributed by atoms with Crippen molar-refractivity contribution in [1.82, 2.24) is 19.9 Å². The van der Waals surface area contributed by atoms with Gasteiger partial charge in [0.1, 0.15) is 5.75 Å². The topological polar surface area (TPSA) is 66.0 Å². The van der Waals surface area contributed by atoms with Crippen LogP contribution in [0.4, 0.5) is 0 Å². The molecule has 0 fully saturated rings. The van der Waals surface area contributed by atoms with Crippen LogP contribution in [0.2, 0.25) is 5.02 Å². The summed E-state index contributed by atoms with van der Waals surface area (Å²) in [5.41, 5.74) is 1.70. The second kappa shape index (κ2) is 6.19. The van der Waals surface area contributed by atoms with E-state index in [1.54, 1.807) is 17.9 Å². The van der Waals surface area contributed by atoms with Crippen molar-refractivity contribution >= 4 is 11.6 Å². The van der Waals surface area contributed by atoms with Crippen molar-refractivity contribution in [2.45, 2.75) is 12.8 Å². The zero-order valence-electron chi connectivity index (χ0n) is 12.3. The van der Waals surface area contributed by atoms with Crippen molar-refractivity contribution in [2.24, 2.45) is 7.05 Å². The van der Waals surface area contributed by atoms with Gasteiger partial charge < -0.3 is 9.26 Å². The van der Waals surface area contributed by atoms with Gasteiger partial charge in [-0.15, -0.1) is 0 Å². The van der Waals surface area contributed by atoms with Crippen LogP contribution < -0.4 is 4.74 Å². The Morgan fingerprint density at radius 2 is 2.14 bits per heavy atom. The summed E-state index contributed by atoms with van der Waals surface area (Å²) in [6, 6.07) is 7.39. The summed E-state index contributed by atoms with van der Waals surface area (Å²) in [6.07, 6.45) is 3.29. The number of nitrogens with zero attached hydrogens (tertiary/aromatic N) is 4. The molecule has 0 unspecified atom stereocenters. The van der Waals surface area contributed by atoms with Crippen molar-refractivity contribution in [3.05, 3.63) is 47.1 Å². The predicted octanol–water partition coefficient (Wildman–Crippen LogP) is 2.92. The Hall–Kier alpha value is -2.34. The number of benzene rings is 1. The van der Waals surface area contributed by atoms with E-state index in [1.807, 2.05) is 31.4 Å². The van der Waals surface area contributed by atoms with Gasteiger partial charge in [-0.1, -0.05) is 22.8 Å². The Morgan fingerprint density at radius 1 is 1.27 bits per heavy atom. The Balaban J connectivity index is 1.78. The number of rotatable bonds is 5. The Labute approximate surface area is 132 Å². The number of aryl methyl sites for hydroxylation is 3. The molecule has 2 heterocycles. The molecule has 7 heteroatoms. The first-order chi connectivity index (χ1) is 10.7. The normalized spacial score (nSPS) is 10.9. The summed E-state index contributed by atoms with van der Waals surface area (Å²) in [4.78, 5) is 4.40. The van der Waals surface area contributed by atoms with Crippen molar-refractivity contribution < 1.29 is 9.26 Å². The molecule has 0 aliphatic rings. The van der Waals surface area contributed by atoms with E-state index in [-0.39, 0.29) is 0 Å². The van der Waals surface area contributed by atoms with E-state index in [0.717, 1.165) is 12.1 Å². The Kier molecular flexibility index (Phi) is 4.11. The highest BCUT2D eigenvalue weighted by Gasteiger charge is 2.15. The molecular formula is C15H15ClN4O2. The lowest BCUT2D eigenvalue weighted by Gasteiger charge is -2.06. The highest BCUT2D eigenvalue weighted by atomic mass is 35.5. The lowest BCUT2D eigenvalue weighted by atomic mass is 10.2. The summed E-state index contributed by atoms with van der Waals surface area (Å²) in [7, 11) is 3.45. The van der Waals surface area contributed by atoms with Gasteiger partial charge in [-0.2, -0.15) is 10.1 Å². The van der Waals surface area contributed by atoms with Crippen LogP contribution in [0.1, 0.15) is 11.6 Å². The van der Waals surface area contributed by atoms with Gasteiger partial charge in [0.2, 0.25) is 11.7 Å². The quantitative estimate of drug-likeness (QED) is 0.723. The van der Waals surface area contributed by atoms with Crippen molar-refractivity contribution in [1.29, 1.82) is 0 Å². The number of hydrogen-bond donors (Lipinski definition) is 0. The second-order valence-corrected chi connectivity index (χ2v) is 5.22. The Morgan fingerprint density at radius 3 is 2.86 bits per heavy atom. The first-order valence-electron chi connectivity index (χ1n) is 6.81. The fourth-order valence-corrected chi connectivity index (χ4v) is 2.44. The molecule has 2 aromatic heterocycles. The fraction of sp³-hybridized carbons (Fsp3) is 0.267. The van der Waals surface area contributed by atoms with E-state index < -0.39 is 0 Å². The minimum absolute atomic E-state index is 0.468. The van der Waals surface area contributed by atoms with Crippen LogP contribution >= 0.6 is 11.6 Å². The molecule has 0 radical (unpaired) electrons. The standard InChI is InChI=1S/C15H15ClN4O2/c1-20-9-8-10(18-20)6-7-13-17-15(19-22-13)11-4-3-5-12(16)14(11)21-2/h3-5,8-9H,6-7H2,1-2H3. The molecule has 1 aromatic carbocycles. The van der Waals surface area contributed by atoms with Gasteiger partial charge in [0, 0.05) is 26.1 Å². The molecule has 0 spiro atoms. The van der Waals surface area contributed by atoms with E-state index in [1.165, 1.54) is 0 Å². The third kappa shape index (κ3) is 2.96. The molecule has 0 aliphatic heterocycles. The van der Waals surface area contributed by atoms with Crippen LogP contribution in [-0.4, -0.2) is 27.0 Å². The first kappa shape index (κ1) is 14.6. The van der Waals surface area contributed by atoms with Gasteiger partial charge in [0.05, 0.1) is 23.4 Å². The van der Waals surface area contributed by atoms with Gasteiger partial charge in [-0.25, -0.2) is 0 Å². The molecule has 0 atom stereocenters. The molecule has 22 heavy (non-hydrogen) atoms. The van der Waals surface area contributed by atoms with Gasteiger partial charge in [-0.3, -0.25) is 4.68 Å². The predicted molar refractivity (Wildman–Crippen MR) is 81.9 cm³/mol. The van der Waals surface area contributed by atoms with Crippen LogP contribution in [0.3, 0.4) is 0 Å². The smallest absolute Gasteiger partial charge is 0.227 e. The minimum atomic E-state index is 0.468. The fourth-order valence-electron chi connectivity index (χ4n) is 2.19. The molecule has 0 bridgehead atoms. The lowest BCUT2D eigenvalue weighted by molar-refractivity contribution is 0.377.